The van der Waals surface area contributed by atoms with Gasteiger partial charge in [-0.15, -0.1) is 0 Å². The summed E-state index contributed by atoms with van der Waals surface area (Å²) in [5, 5.41) is 10.2. The molecule has 1 saturated heterocycles. The Morgan fingerprint density at radius 3 is 2.47 bits per heavy atom. The number of Topliss-reactive ketones (excluding diaryl/α,β-unsaturated/α-hetero) is 1. The Balaban J connectivity index is 1.77. The summed E-state index contributed by atoms with van der Waals surface area (Å²) in [4.78, 5) is 48.7. The number of benzene rings is 2. The number of non-ortho nitro benzene ring substituents is 1. The molecule has 0 aromatic heterocycles. The summed E-state index contributed by atoms with van der Waals surface area (Å²) < 4.78 is 5.73. The zero-order valence-corrected chi connectivity index (χ0v) is 17.0. The largest absolute Gasteiger partial charge is 0.490 e. The topological polar surface area (TPSA) is 107 Å². The molecule has 30 heavy (non-hydrogen) atoms. The lowest BCUT2D eigenvalue weighted by molar-refractivity contribution is -0.384. The van der Waals surface area contributed by atoms with Gasteiger partial charge in [0.15, 0.2) is 5.78 Å². The average Bonchev–Trinajstić information content (AvgIpc) is 2.96. The summed E-state index contributed by atoms with van der Waals surface area (Å²) in [5.74, 6) is -0.474. The fourth-order valence-corrected chi connectivity index (χ4v) is 3.57. The maximum absolute atomic E-state index is 12.7. The zero-order chi connectivity index (χ0) is 21.8. The monoisotopic (exact) mass is 426 g/mol. The number of ketones is 1. The normalized spacial score (nSPS) is 15.2. The van der Waals surface area contributed by atoms with Crippen molar-refractivity contribution in [2.24, 2.45) is 0 Å². The molecule has 1 aliphatic rings. The number of rotatable bonds is 7. The molecule has 0 spiro atoms. The molecule has 3 rings (SSSR count). The lowest BCUT2D eigenvalue weighted by Gasteiger charge is -2.13. The first-order valence-corrected chi connectivity index (χ1v) is 9.86. The molecular formula is C21H18N2O6S. The molecule has 9 heteroatoms. The van der Waals surface area contributed by atoms with Crippen molar-refractivity contribution < 1.29 is 24.0 Å². The van der Waals surface area contributed by atoms with Crippen LogP contribution in [0, 0.1) is 10.1 Å². The Hall–Kier alpha value is -3.46. The molecule has 1 heterocycles. The number of ether oxygens (including phenoxy) is 1. The second-order valence-corrected chi connectivity index (χ2v) is 7.69. The van der Waals surface area contributed by atoms with E-state index in [0.717, 1.165) is 16.7 Å². The fourth-order valence-electron chi connectivity index (χ4n) is 2.74. The molecule has 0 N–H and O–H groups in total. The third kappa shape index (κ3) is 4.74. The van der Waals surface area contributed by atoms with Crippen LogP contribution < -0.4 is 4.74 Å². The number of carbonyl (C=O) groups excluding carboxylic acids is 3. The first-order valence-electron chi connectivity index (χ1n) is 9.05. The highest BCUT2D eigenvalue weighted by molar-refractivity contribution is 8.18. The number of imide groups is 1. The van der Waals surface area contributed by atoms with E-state index < -0.39 is 28.4 Å². The lowest BCUT2D eigenvalue weighted by atomic mass is 10.1. The van der Waals surface area contributed by atoms with Gasteiger partial charge in [0, 0.05) is 23.3 Å². The van der Waals surface area contributed by atoms with Crippen molar-refractivity contribution in [3.05, 3.63) is 74.7 Å². The number of hydrogen-bond donors (Lipinski definition) is 0. The summed E-state index contributed by atoms with van der Waals surface area (Å²) in [6.45, 7) is 3.33. The minimum absolute atomic E-state index is 0.0612. The Morgan fingerprint density at radius 2 is 1.83 bits per heavy atom. The van der Waals surface area contributed by atoms with Crippen LogP contribution in [0.3, 0.4) is 0 Å². The van der Waals surface area contributed by atoms with E-state index in [1.54, 1.807) is 24.3 Å². The van der Waals surface area contributed by atoms with Crippen LogP contribution in [0.4, 0.5) is 10.5 Å². The molecule has 0 aliphatic carbocycles. The Labute approximate surface area is 176 Å². The van der Waals surface area contributed by atoms with E-state index in [2.05, 4.69) is 0 Å². The van der Waals surface area contributed by atoms with Gasteiger partial charge in [-0.1, -0.05) is 18.2 Å². The third-order valence-electron chi connectivity index (χ3n) is 4.14. The number of thioether (sulfide) groups is 1. The standard InChI is InChI=1S/C21H18N2O6S/c1-13(2)29-18-6-4-3-5-15(18)11-19-20(25)22(21(26)30-19)12-17(24)14-7-9-16(10-8-14)23(27)28/h3-11,13H,12H2,1-2H3/b19-11-. The number of nitro benzene ring substituents is 1. The second kappa shape index (κ2) is 8.91. The molecule has 0 bridgehead atoms. The molecule has 2 aromatic carbocycles. The molecule has 0 radical (unpaired) electrons. The molecule has 8 nitrogen and oxygen atoms in total. The maximum atomic E-state index is 12.7. The van der Waals surface area contributed by atoms with Gasteiger partial charge in [0.25, 0.3) is 16.8 Å². The van der Waals surface area contributed by atoms with Gasteiger partial charge in [0.1, 0.15) is 5.75 Å². The average molecular weight is 426 g/mol. The Kier molecular flexibility index (Phi) is 6.31. The van der Waals surface area contributed by atoms with Gasteiger partial charge in [0.2, 0.25) is 0 Å². The zero-order valence-electron chi connectivity index (χ0n) is 16.2. The van der Waals surface area contributed by atoms with Crippen molar-refractivity contribution >= 4 is 40.5 Å². The van der Waals surface area contributed by atoms with Crippen LogP contribution >= 0.6 is 11.8 Å². The molecule has 0 atom stereocenters. The van der Waals surface area contributed by atoms with E-state index in [0.29, 0.717) is 11.3 Å². The van der Waals surface area contributed by atoms with E-state index in [1.807, 2.05) is 19.9 Å². The van der Waals surface area contributed by atoms with E-state index >= 15 is 0 Å². The summed E-state index contributed by atoms with van der Waals surface area (Å²) in [6.07, 6.45) is 1.51. The molecule has 2 aromatic rings. The summed E-state index contributed by atoms with van der Waals surface area (Å²) >= 11 is 0.749. The van der Waals surface area contributed by atoms with Crippen molar-refractivity contribution in [2.45, 2.75) is 20.0 Å². The number of para-hydroxylation sites is 1. The number of nitrogens with zero attached hydrogens (tertiary/aromatic N) is 2. The van der Waals surface area contributed by atoms with E-state index in [-0.39, 0.29) is 22.3 Å². The minimum Gasteiger partial charge on any atom is -0.490 e. The van der Waals surface area contributed by atoms with Crippen molar-refractivity contribution in [3.8, 4) is 5.75 Å². The van der Waals surface area contributed by atoms with Gasteiger partial charge < -0.3 is 4.74 Å². The predicted molar refractivity (Wildman–Crippen MR) is 112 cm³/mol. The van der Waals surface area contributed by atoms with Gasteiger partial charge >= 0.3 is 0 Å². The van der Waals surface area contributed by atoms with Crippen LogP contribution in [0.2, 0.25) is 0 Å². The lowest BCUT2D eigenvalue weighted by Crippen LogP contribution is -2.33. The van der Waals surface area contributed by atoms with E-state index in [1.165, 1.54) is 24.3 Å². The van der Waals surface area contributed by atoms with Crippen LogP contribution in [0.25, 0.3) is 6.08 Å². The van der Waals surface area contributed by atoms with Crippen LogP contribution in [0.1, 0.15) is 29.8 Å². The fraction of sp³-hybridized carbons (Fsp3) is 0.190. The molecule has 154 valence electrons. The maximum Gasteiger partial charge on any atom is 0.293 e. The summed E-state index contributed by atoms with van der Waals surface area (Å²) in [5.41, 5.74) is 0.681. The van der Waals surface area contributed by atoms with Crippen molar-refractivity contribution in [1.29, 1.82) is 0 Å². The number of hydrogen-bond acceptors (Lipinski definition) is 7. The first-order chi connectivity index (χ1) is 14.3. The predicted octanol–water partition coefficient (Wildman–Crippen LogP) is 4.30. The molecule has 1 aliphatic heterocycles. The van der Waals surface area contributed by atoms with Gasteiger partial charge in [-0.2, -0.15) is 0 Å². The van der Waals surface area contributed by atoms with Crippen LogP contribution in [-0.4, -0.2) is 39.4 Å². The molecular weight excluding hydrogens is 408 g/mol. The number of amides is 2. The number of nitro groups is 1. The third-order valence-corrected chi connectivity index (χ3v) is 5.05. The highest BCUT2D eigenvalue weighted by Crippen LogP contribution is 2.34. The van der Waals surface area contributed by atoms with Crippen molar-refractivity contribution in [1.82, 2.24) is 4.90 Å². The highest BCUT2D eigenvalue weighted by Gasteiger charge is 2.36. The van der Waals surface area contributed by atoms with Crippen molar-refractivity contribution in [3.63, 3.8) is 0 Å². The number of carbonyl (C=O) groups is 3. The molecule has 2 amide bonds. The first kappa shape index (κ1) is 21.3. The Bertz CT molecular complexity index is 1050. The van der Waals surface area contributed by atoms with Gasteiger partial charge in [-0.05, 0) is 49.9 Å². The van der Waals surface area contributed by atoms with Gasteiger partial charge in [0.05, 0.1) is 22.5 Å². The SMILES string of the molecule is CC(C)Oc1ccccc1/C=C1\SC(=O)N(CC(=O)c2ccc([N+](=O)[O-])cc2)C1=O. The van der Waals surface area contributed by atoms with Crippen molar-refractivity contribution in [2.75, 3.05) is 6.54 Å². The summed E-state index contributed by atoms with van der Waals surface area (Å²) in [6, 6.07) is 12.1. The quantitative estimate of drug-likeness (QED) is 0.281. The highest BCUT2D eigenvalue weighted by atomic mass is 32.2. The van der Waals surface area contributed by atoms with Gasteiger partial charge in [-0.3, -0.25) is 29.4 Å². The second-order valence-electron chi connectivity index (χ2n) is 6.70. The molecule has 0 saturated carbocycles. The molecule has 1 fully saturated rings. The smallest absolute Gasteiger partial charge is 0.293 e. The van der Waals surface area contributed by atoms with Crippen LogP contribution in [0.5, 0.6) is 5.75 Å². The summed E-state index contributed by atoms with van der Waals surface area (Å²) in [7, 11) is 0. The van der Waals surface area contributed by atoms with Crippen LogP contribution in [0.15, 0.2) is 53.4 Å². The van der Waals surface area contributed by atoms with Gasteiger partial charge in [-0.25, -0.2) is 0 Å². The minimum atomic E-state index is -0.573. The van der Waals surface area contributed by atoms with Crippen LogP contribution in [-0.2, 0) is 4.79 Å². The van der Waals surface area contributed by atoms with E-state index in [9.17, 15) is 24.5 Å². The molecule has 0 unspecified atom stereocenters. The Morgan fingerprint density at radius 1 is 1.17 bits per heavy atom. The van der Waals surface area contributed by atoms with E-state index in [4.69, 9.17) is 4.74 Å².